The van der Waals surface area contributed by atoms with Gasteiger partial charge in [-0.25, -0.2) is 0 Å². The van der Waals surface area contributed by atoms with E-state index in [9.17, 15) is 9.59 Å². The van der Waals surface area contributed by atoms with E-state index in [4.69, 9.17) is 27.9 Å². The monoisotopic (exact) mass is 630 g/mol. The van der Waals surface area contributed by atoms with Crippen LogP contribution in [0.4, 0.5) is 0 Å². The van der Waals surface area contributed by atoms with Crippen LogP contribution >= 0.6 is 39.1 Å². The number of nitrogens with one attached hydrogen (secondary N) is 1. The molecule has 0 aromatic heterocycles. The number of benzene rings is 3. The van der Waals surface area contributed by atoms with Crippen molar-refractivity contribution < 1.29 is 14.3 Å². The fourth-order valence-electron chi connectivity index (χ4n) is 4.97. The fourth-order valence-corrected chi connectivity index (χ4v) is 5.52. The zero-order chi connectivity index (χ0) is 27.9. The number of aryl methyl sites for hydroxylation is 2. The summed E-state index contributed by atoms with van der Waals surface area (Å²) in [5.41, 5.74) is 3.78. The van der Waals surface area contributed by atoms with Crippen LogP contribution in [0, 0.1) is 13.8 Å². The molecule has 2 amide bonds. The largest absolute Gasteiger partial charge is 0.484 e. The van der Waals surface area contributed by atoms with Crippen LogP contribution in [0.1, 0.15) is 47.9 Å². The first kappa shape index (κ1) is 29.4. The van der Waals surface area contributed by atoms with Gasteiger partial charge in [-0.15, -0.1) is 0 Å². The highest BCUT2D eigenvalue weighted by atomic mass is 79.9. The minimum absolute atomic E-state index is 0.127. The Morgan fingerprint density at radius 1 is 0.974 bits per heavy atom. The van der Waals surface area contributed by atoms with Crippen LogP contribution < -0.4 is 10.1 Å². The van der Waals surface area contributed by atoms with Gasteiger partial charge in [0.1, 0.15) is 11.8 Å². The van der Waals surface area contributed by atoms with Gasteiger partial charge in [-0.3, -0.25) is 9.59 Å². The van der Waals surface area contributed by atoms with Gasteiger partial charge in [0.05, 0.1) is 10.0 Å². The molecule has 0 radical (unpaired) electrons. The first-order valence-electron chi connectivity index (χ1n) is 13.2. The lowest BCUT2D eigenvalue weighted by molar-refractivity contribution is -0.143. The second-order valence-electron chi connectivity index (χ2n) is 10.1. The molecule has 1 aliphatic carbocycles. The Balaban J connectivity index is 1.64. The number of hydrogen-bond donors (Lipinski definition) is 1. The third-order valence-corrected chi connectivity index (χ3v) is 9.07. The zero-order valence-electron chi connectivity index (χ0n) is 22.2. The molecule has 4 rings (SSSR count). The summed E-state index contributed by atoms with van der Waals surface area (Å²) in [6, 6.07) is 18.2. The van der Waals surface area contributed by atoms with Gasteiger partial charge < -0.3 is 15.0 Å². The highest BCUT2D eigenvalue weighted by molar-refractivity contribution is 9.10. The van der Waals surface area contributed by atoms with Crippen LogP contribution in [-0.4, -0.2) is 35.4 Å². The van der Waals surface area contributed by atoms with Crippen molar-refractivity contribution in [2.75, 3.05) is 6.61 Å². The van der Waals surface area contributed by atoms with Crippen molar-refractivity contribution in [1.29, 1.82) is 0 Å². The number of ether oxygens (including phenoxy) is 1. The maximum absolute atomic E-state index is 13.8. The van der Waals surface area contributed by atoms with Crippen LogP contribution in [0.15, 0.2) is 65.1 Å². The van der Waals surface area contributed by atoms with Crippen LogP contribution in [-0.2, 0) is 22.6 Å². The van der Waals surface area contributed by atoms with E-state index in [1.165, 1.54) is 0 Å². The topological polar surface area (TPSA) is 58.6 Å². The van der Waals surface area contributed by atoms with Crippen LogP contribution in [0.3, 0.4) is 0 Å². The molecular weight excluding hydrogens is 599 g/mol. The number of carbonyl (C=O) groups is 2. The van der Waals surface area contributed by atoms with Crippen molar-refractivity contribution in [2.24, 2.45) is 0 Å². The van der Waals surface area contributed by atoms with Gasteiger partial charge in [0.25, 0.3) is 5.91 Å². The quantitative estimate of drug-likeness (QED) is 0.253. The molecule has 1 N–H and O–H groups in total. The van der Waals surface area contributed by atoms with Crippen LogP contribution in [0.5, 0.6) is 5.75 Å². The highest BCUT2D eigenvalue weighted by Crippen LogP contribution is 2.27. The molecule has 1 saturated carbocycles. The Morgan fingerprint density at radius 2 is 1.64 bits per heavy atom. The van der Waals surface area contributed by atoms with Gasteiger partial charge in [-0.05, 0) is 73.2 Å². The van der Waals surface area contributed by atoms with Gasteiger partial charge in [0.15, 0.2) is 6.61 Å². The molecule has 1 aliphatic rings. The fraction of sp³-hybridized carbons (Fsp3) is 0.355. The van der Waals surface area contributed by atoms with E-state index >= 15 is 0 Å². The number of nitrogens with zero attached hydrogens (tertiary/aromatic N) is 1. The van der Waals surface area contributed by atoms with Crippen molar-refractivity contribution in [3.63, 3.8) is 0 Å². The standard InChI is InChI=1S/C31H33BrCl2N2O3/c1-20-14-25(15-21(2)30(20)32)39-19-29(37)36(18-23-12-13-26(33)27(34)16-23)28(17-22-8-4-3-5-9-22)31(38)35-24-10-6-7-11-24/h3-5,8-9,12-16,24,28H,6-7,10-11,17-19H2,1-2H3,(H,35,38)/t28-/m1/s1. The van der Waals surface area contributed by atoms with Crippen molar-refractivity contribution in [3.8, 4) is 5.75 Å². The molecule has 0 unspecified atom stereocenters. The van der Waals surface area contributed by atoms with E-state index in [1.807, 2.05) is 62.4 Å². The molecule has 5 nitrogen and oxygen atoms in total. The summed E-state index contributed by atoms with van der Waals surface area (Å²) in [6.45, 7) is 3.94. The summed E-state index contributed by atoms with van der Waals surface area (Å²) in [7, 11) is 0. The summed E-state index contributed by atoms with van der Waals surface area (Å²) in [5, 5.41) is 4.04. The maximum Gasteiger partial charge on any atom is 0.261 e. The molecule has 0 heterocycles. The van der Waals surface area contributed by atoms with Gasteiger partial charge in [0, 0.05) is 23.5 Å². The highest BCUT2D eigenvalue weighted by Gasteiger charge is 2.32. The smallest absolute Gasteiger partial charge is 0.261 e. The van der Waals surface area contributed by atoms with Gasteiger partial charge in [0.2, 0.25) is 5.91 Å². The van der Waals surface area contributed by atoms with E-state index in [0.717, 1.165) is 52.4 Å². The van der Waals surface area contributed by atoms with E-state index in [-0.39, 0.29) is 31.0 Å². The molecule has 1 fully saturated rings. The predicted octanol–water partition coefficient (Wildman–Crippen LogP) is 7.45. The minimum Gasteiger partial charge on any atom is -0.484 e. The molecule has 0 aliphatic heterocycles. The third kappa shape index (κ3) is 8.00. The summed E-state index contributed by atoms with van der Waals surface area (Å²) < 4.78 is 6.98. The molecule has 0 bridgehead atoms. The Labute approximate surface area is 249 Å². The molecule has 0 saturated heterocycles. The molecule has 206 valence electrons. The normalized spacial score (nSPS) is 14.2. The summed E-state index contributed by atoms with van der Waals surface area (Å²) >= 11 is 16.0. The van der Waals surface area contributed by atoms with Crippen LogP contribution in [0.25, 0.3) is 0 Å². The second kappa shape index (κ2) is 13.7. The van der Waals surface area contributed by atoms with Crippen molar-refractivity contribution >= 4 is 50.9 Å². The lowest BCUT2D eigenvalue weighted by Crippen LogP contribution is -2.53. The Kier molecular flexibility index (Phi) is 10.3. The first-order chi connectivity index (χ1) is 18.7. The SMILES string of the molecule is Cc1cc(OCC(=O)N(Cc2ccc(Cl)c(Cl)c2)[C@H](Cc2ccccc2)C(=O)NC2CCCC2)cc(C)c1Br. The number of carbonyl (C=O) groups excluding carboxylic acids is 2. The molecule has 8 heteroatoms. The van der Waals surface area contributed by atoms with E-state index in [1.54, 1.807) is 17.0 Å². The number of halogens is 3. The van der Waals surface area contributed by atoms with Crippen LogP contribution in [0.2, 0.25) is 10.0 Å². The van der Waals surface area contributed by atoms with Crippen molar-refractivity contribution in [2.45, 2.75) is 64.6 Å². The Bertz CT molecular complexity index is 1290. The summed E-state index contributed by atoms with van der Waals surface area (Å²) in [6.07, 6.45) is 4.48. The molecule has 0 spiro atoms. The van der Waals surface area contributed by atoms with Gasteiger partial charge in [-0.1, -0.05) is 88.4 Å². The van der Waals surface area contributed by atoms with Gasteiger partial charge >= 0.3 is 0 Å². The third-order valence-electron chi connectivity index (χ3n) is 7.08. The molecule has 3 aromatic carbocycles. The average molecular weight is 632 g/mol. The Hall–Kier alpha value is -2.54. The predicted molar refractivity (Wildman–Crippen MR) is 160 cm³/mol. The number of hydrogen-bond acceptors (Lipinski definition) is 3. The van der Waals surface area contributed by atoms with Gasteiger partial charge in [-0.2, -0.15) is 0 Å². The lowest BCUT2D eigenvalue weighted by Gasteiger charge is -2.32. The zero-order valence-corrected chi connectivity index (χ0v) is 25.3. The van der Waals surface area contributed by atoms with Crippen molar-refractivity contribution in [1.82, 2.24) is 10.2 Å². The molecule has 3 aromatic rings. The summed E-state index contributed by atoms with van der Waals surface area (Å²) in [5.74, 6) is 0.155. The number of amides is 2. The first-order valence-corrected chi connectivity index (χ1v) is 14.7. The van der Waals surface area contributed by atoms with Crippen molar-refractivity contribution in [3.05, 3.63) is 97.4 Å². The Morgan fingerprint density at radius 3 is 2.28 bits per heavy atom. The average Bonchev–Trinajstić information content (AvgIpc) is 3.43. The maximum atomic E-state index is 13.8. The lowest BCUT2D eigenvalue weighted by atomic mass is 10.0. The van der Waals surface area contributed by atoms with E-state index in [2.05, 4.69) is 21.2 Å². The molecule has 1 atom stereocenters. The second-order valence-corrected chi connectivity index (χ2v) is 11.7. The minimum atomic E-state index is -0.730. The molecular formula is C31H33BrCl2N2O3. The summed E-state index contributed by atoms with van der Waals surface area (Å²) in [4.78, 5) is 29.2. The molecule has 39 heavy (non-hydrogen) atoms. The van der Waals surface area contributed by atoms with E-state index in [0.29, 0.717) is 22.2 Å². The van der Waals surface area contributed by atoms with E-state index < -0.39 is 6.04 Å². The number of rotatable bonds is 10.